The van der Waals surface area contributed by atoms with Gasteiger partial charge in [-0.25, -0.2) is 4.57 Å². The van der Waals surface area contributed by atoms with Crippen molar-refractivity contribution in [3.05, 3.63) is 85.1 Å². The first-order valence-corrected chi connectivity index (χ1v) is 32.0. The minimum absolute atomic E-state index is 0.0413. The van der Waals surface area contributed by atoms with Crippen LogP contribution in [0.1, 0.15) is 265 Å². The van der Waals surface area contributed by atoms with Gasteiger partial charge in [0.2, 0.25) is 0 Å². The van der Waals surface area contributed by atoms with Gasteiger partial charge in [0.25, 0.3) is 0 Å². The SMILES string of the molecule is CC/C=C\C/C=C\C/C=C\C/C=C\C/C=C\C/C=C\CCC(=O)OC(COC(=O)CCCCCCCCCCCCCCCCCCCCC)COP(=O)(O)OCC(CO)OC(=O)CCCCCCC/C=C\CCCC. The van der Waals surface area contributed by atoms with E-state index in [-0.39, 0.29) is 25.9 Å². The van der Waals surface area contributed by atoms with Crippen molar-refractivity contribution in [2.45, 2.75) is 277 Å². The fourth-order valence-electron chi connectivity index (χ4n) is 8.19. The van der Waals surface area contributed by atoms with E-state index in [1.165, 1.54) is 109 Å². The van der Waals surface area contributed by atoms with Crippen LogP contribution in [-0.2, 0) is 42.2 Å². The van der Waals surface area contributed by atoms with Crippen LogP contribution in [-0.4, -0.2) is 66.5 Å². The van der Waals surface area contributed by atoms with Crippen LogP contribution in [0.2, 0.25) is 0 Å². The molecule has 0 radical (unpaired) electrons. The summed E-state index contributed by atoms with van der Waals surface area (Å²) >= 11 is 0. The van der Waals surface area contributed by atoms with Crippen molar-refractivity contribution in [1.29, 1.82) is 0 Å². The number of rotatable bonds is 56. The molecule has 0 amide bonds. The second-order valence-corrected chi connectivity index (χ2v) is 21.6. The molecule has 0 aromatic heterocycles. The highest BCUT2D eigenvalue weighted by Gasteiger charge is 2.28. The second kappa shape index (κ2) is 57.8. The Balaban J connectivity index is 4.80. The molecule has 0 heterocycles. The Morgan fingerprint density at radius 2 is 0.724 bits per heavy atom. The average Bonchev–Trinajstić information content (AvgIpc) is 3.41. The summed E-state index contributed by atoms with van der Waals surface area (Å²) in [5.74, 6) is -1.57. The predicted molar refractivity (Wildman–Crippen MR) is 316 cm³/mol. The van der Waals surface area contributed by atoms with E-state index in [9.17, 15) is 28.9 Å². The third-order valence-corrected chi connectivity index (χ3v) is 13.8. The summed E-state index contributed by atoms with van der Waals surface area (Å²) in [4.78, 5) is 48.5. The Bertz CT molecular complexity index is 1600. The Morgan fingerprint density at radius 1 is 0.382 bits per heavy atom. The van der Waals surface area contributed by atoms with E-state index in [0.29, 0.717) is 25.7 Å². The molecule has 2 N–H and O–H groups in total. The summed E-state index contributed by atoms with van der Waals surface area (Å²) in [6, 6.07) is 0. The van der Waals surface area contributed by atoms with E-state index in [4.69, 9.17) is 23.3 Å². The lowest BCUT2D eigenvalue weighted by Crippen LogP contribution is -2.30. The number of hydrogen-bond acceptors (Lipinski definition) is 10. The van der Waals surface area contributed by atoms with Gasteiger partial charge in [-0.3, -0.25) is 23.4 Å². The van der Waals surface area contributed by atoms with Gasteiger partial charge in [0.05, 0.1) is 19.8 Å². The van der Waals surface area contributed by atoms with Crippen LogP contribution in [0, 0.1) is 0 Å². The molecule has 0 rings (SSSR count). The van der Waals surface area contributed by atoms with Gasteiger partial charge in [-0.15, -0.1) is 0 Å². The summed E-state index contributed by atoms with van der Waals surface area (Å²) < 4.78 is 39.5. The number of allylic oxidation sites excluding steroid dienone is 14. The number of carbonyl (C=O) groups excluding carboxylic acids is 3. The van der Waals surface area contributed by atoms with Crippen molar-refractivity contribution in [3.8, 4) is 0 Å². The van der Waals surface area contributed by atoms with E-state index in [2.05, 4.69) is 93.7 Å². The molecule has 0 spiro atoms. The number of ether oxygens (including phenoxy) is 3. The van der Waals surface area contributed by atoms with Crippen molar-refractivity contribution in [1.82, 2.24) is 0 Å². The fraction of sp³-hybridized carbons (Fsp3) is 0.734. The summed E-state index contributed by atoms with van der Waals surface area (Å²) in [5.41, 5.74) is 0. The quantitative estimate of drug-likeness (QED) is 0.0197. The number of carbonyl (C=O) groups is 3. The molecule has 0 fully saturated rings. The van der Waals surface area contributed by atoms with Crippen LogP contribution in [0.15, 0.2) is 85.1 Å². The normalized spacial score (nSPS) is 13.9. The molecule has 0 bridgehead atoms. The van der Waals surface area contributed by atoms with Crippen molar-refractivity contribution >= 4 is 25.7 Å². The van der Waals surface area contributed by atoms with Gasteiger partial charge in [0.15, 0.2) is 6.10 Å². The molecular formula is C64H111O11P. The molecule has 0 aliphatic heterocycles. The molecule has 438 valence electrons. The van der Waals surface area contributed by atoms with Crippen molar-refractivity contribution < 1.29 is 52.2 Å². The number of aliphatic hydroxyl groups excluding tert-OH is 1. The Labute approximate surface area is 464 Å². The number of esters is 3. The first-order valence-electron chi connectivity index (χ1n) is 30.5. The summed E-state index contributed by atoms with van der Waals surface area (Å²) in [7, 11) is -4.77. The smallest absolute Gasteiger partial charge is 0.462 e. The largest absolute Gasteiger partial charge is 0.472 e. The van der Waals surface area contributed by atoms with Gasteiger partial charge in [-0.2, -0.15) is 0 Å². The van der Waals surface area contributed by atoms with Crippen LogP contribution in [0.3, 0.4) is 0 Å². The Morgan fingerprint density at radius 3 is 1.17 bits per heavy atom. The monoisotopic (exact) mass is 1090 g/mol. The van der Waals surface area contributed by atoms with Crippen molar-refractivity contribution in [2.24, 2.45) is 0 Å². The number of aliphatic hydroxyl groups is 1. The molecule has 11 nitrogen and oxygen atoms in total. The van der Waals surface area contributed by atoms with Crippen LogP contribution in [0.5, 0.6) is 0 Å². The molecular weight excluding hydrogens is 976 g/mol. The molecule has 3 atom stereocenters. The van der Waals surface area contributed by atoms with Crippen LogP contribution in [0.4, 0.5) is 0 Å². The van der Waals surface area contributed by atoms with Crippen LogP contribution in [0.25, 0.3) is 0 Å². The summed E-state index contributed by atoms with van der Waals surface area (Å²) in [6.45, 7) is 4.42. The number of phosphoric acid groups is 1. The predicted octanol–water partition coefficient (Wildman–Crippen LogP) is 18.3. The molecule has 0 aliphatic carbocycles. The molecule has 12 heteroatoms. The molecule has 0 aliphatic rings. The molecule has 0 aromatic rings. The van der Waals surface area contributed by atoms with E-state index in [1.54, 1.807) is 0 Å². The van der Waals surface area contributed by atoms with Crippen molar-refractivity contribution in [3.63, 3.8) is 0 Å². The zero-order valence-electron chi connectivity index (χ0n) is 48.5. The van der Waals surface area contributed by atoms with Gasteiger partial charge in [0, 0.05) is 19.3 Å². The second-order valence-electron chi connectivity index (χ2n) is 20.1. The van der Waals surface area contributed by atoms with Crippen LogP contribution >= 0.6 is 7.82 Å². The van der Waals surface area contributed by atoms with Gasteiger partial charge in [0.1, 0.15) is 12.7 Å². The van der Waals surface area contributed by atoms with Crippen molar-refractivity contribution in [2.75, 3.05) is 26.4 Å². The average molecular weight is 1090 g/mol. The fourth-order valence-corrected chi connectivity index (χ4v) is 8.97. The van der Waals surface area contributed by atoms with E-state index in [1.807, 2.05) is 12.2 Å². The third kappa shape index (κ3) is 55.4. The van der Waals surface area contributed by atoms with E-state index < -0.39 is 57.8 Å². The molecule has 0 saturated carbocycles. The zero-order valence-corrected chi connectivity index (χ0v) is 49.3. The maximum Gasteiger partial charge on any atom is 0.472 e. The lowest BCUT2D eigenvalue weighted by molar-refractivity contribution is -0.161. The Kier molecular flexibility index (Phi) is 55.3. The first kappa shape index (κ1) is 72.7. The highest BCUT2D eigenvalue weighted by molar-refractivity contribution is 7.47. The highest BCUT2D eigenvalue weighted by Crippen LogP contribution is 2.43. The highest BCUT2D eigenvalue weighted by atomic mass is 31.2. The van der Waals surface area contributed by atoms with E-state index in [0.717, 1.165) is 89.9 Å². The summed E-state index contributed by atoms with van der Waals surface area (Å²) in [5, 5.41) is 9.80. The number of hydrogen-bond donors (Lipinski definition) is 2. The summed E-state index contributed by atoms with van der Waals surface area (Å²) in [6.07, 6.45) is 67.1. The van der Waals surface area contributed by atoms with Gasteiger partial charge in [-0.05, 0) is 77.0 Å². The van der Waals surface area contributed by atoms with Gasteiger partial charge in [-0.1, -0.05) is 254 Å². The number of phosphoric ester groups is 1. The first-order chi connectivity index (χ1) is 37.2. The Hall–Kier alpha value is -3.34. The number of unbranched alkanes of at least 4 members (excludes halogenated alkanes) is 25. The lowest BCUT2D eigenvalue weighted by atomic mass is 10.0. The van der Waals surface area contributed by atoms with E-state index >= 15 is 0 Å². The maximum absolute atomic E-state index is 12.9. The lowest BCUT2D eigenvalue weighted by Gasteiger charge is -2.21. The molecule has 0 saturated heterocycles. The minimum Gasteiger partial charge on any atom is -0.462 e. The zero-order chi connectivity index (χ0) is 55.5. The third-order valence-electron chi connectivity index (χ3n) is 12.8. The van der Waals surface area contributed by atoms with Crippen LogP contribution < -0.4 is 0 Å². The topological polar surface area (TPSA) is 155 Å². The maximum atomic E-state index is 12.9. The van der Waals surface area contributed by atoms with Gasteiger partial charge >= 0.3 is 25.7 Å². The standard InChI is InChI=1S/C64H111O11P/c1-4-7-10-13-16-19-22-24-26-28-30-32-34-36-39-41-44-47-50-53-62(66)71-57-61(75-64(68)55-52-49-46-43-40-37-35-33-31-29-27-25-23-20-17-14-11-8-5-2)59-73-76(69,70)72-58-60(56-65)74-63(67)54-51-48-45-42-38-21-18-15-12-9-6-3/h8,11,15,17-18,20,25,27,31,33,37,40,46,49,60-61,65H,4-7,9-10,12-14,16,19,21-24,26,28-30,32,34-36,38-39,41-45,47-48,50-59H2,1-3H3,(H,69,70)/b11-8-,18-15-,20-17-,27-25-,33-31-,40-37-,49-46-. The molecule has 0 aromatic carbocycles. The molecule has 3 unspecified atom stereocenters. The minimum atomic E-state index is -4.77. The van der Waals surface area contributed by atoms with Gasteiger partial charge < -0.3 is 24.2 Å². The molecule has 76 heavy (non-hydrogen) atoms.